The van der Waals surface area contributed by atoms with Gasteiger partial charge in [-0.25, -0.2) is 9.97 Å². The monoisotopic (exact) mass is 377 g/mol. The van der Waals surface area contributed by atoms with E-state index in [1.807, 2.05) is 24.7 Å². The third kappa shape index (κ3) is 3.77. The number of aryl methyl sites for hydroxylation is 1. The molecule has 0 aliphatic heterocycles. The summed E-state index contributed by atoms with van der Waals surface area (Å²) in [6.07, 6.45) is 9.97. The zero-order valence-electron chi connectivity index (χ0n) is 17.2. The maximum absolute atomic E-state index is 6.57. The Labute approximate surface area is 167 Å². The van der Waals surface area contributed by atoms with Gasteiger partial charge >= 0.3 is 0 Å². The van der Waals surface area contributed by atoms with Crippen LogP contribution in [-0.4, -0.2) is 20.5 Å². The van der Waals surface area contributed by atoms with E-state index < -0.39 is 0 Å². The van der Waals surface area contributed by atoms with E-state index in [0.29, 0.717) is 11.8 Å². The lowest BCUT2D eigenvalue weighted by atomic mass is 9.71. The summed E-state index contributed by atoms with van der Waals surface area (Å²) in [5.41, 5.74) is 11.1. The maximum Gasteiger partial charge on any atom is 0.132 e. The van der Waals surface area contributed by atoms with Crippen LogP contribution in [0.2, 0.25) is 0 Å². The molecule has 1 aromatic carbocycles. The Balaban J connectivity index is 0.00000225. The second kappa shape index (κ2) is 7.94. The number of rotatable bonds is 3. The smallest absolute Gasteiger partial charge is 0.132 e. The van der Waals surface area contributed by atoms with E-state index in [4.69, 9.17) is 15.7 Å². The highest BCUT2D eigenvalue weighted by molar-refractivity contribution is 5.84. The molecule has 0 radical (unpaired) electrons. The number of hydrogen-bond donors (Lipinski definition) is 2. The molecule has 2 aromatic heterocycles. The van der Waals surface area contributed by atoms with Crippen molar-refractivity contribution in [2.24, 2.45) is 11.7 Å². The molecule has 28 heavy (non-hydrogen) atoms. The quantitative estimate of drug-likeness (QED) is 0.655. The number of pyridine rings is 1. The number of nitrogens with two attached hydrogens (primary N) is 1. The summed E-state index contributed by atoms with van der Waals surface area (Å²) >= 11 is 0. The fraction of sp³-hybridized carbons (Fsp3) is 0.435. The van der Waals surface area contributed by atoms with E-state index in [0.717, 1.165) is 53.5 Å². The predicted octanol–water partition coefficient (Wildman–Crippen LogP) is 5.17. The molecule has 1 saturated carbocycles. The van der Waals surface area contributed by atoms with Gasteiger partial charge in [0.1, 0.15) is 5.82 Å². The molecule has 0 amide bonds. The summed E-state index contributed by atoms with van der Waals surface area (Å²) in [6, 6.07) is 8.44. The summed E-state index contributed by atoms with van der Waals surface area (Å²) in [5, 5.41) is 1.07. The zero-order valence-corrected chi connectivity index (χ0v) is 17.2. The van der Waals surface area contributed by atoms with Gasteiger partial charge in [0.05, 0.1) is 5.52 Å². The Kier molecular flexibility index (Phi) is 5.77. The molecule has 1 aliphatic carbocycles. The highest BCUT2D eigenvalue weighted by Gasteiger charge is 2.35. The Morgan fingerprint density at radius 1 is 1.11 bits per heavy atom. The van der Waals surface area contributed by atoms with E-state index in [-0.39, 0.29) is 11.7 Å². The molecule has 5 heteroatoms. The second-order valence-corrected chi connectivity index (χ2v) is 8.35. The summed E-state index contributed by atoms with van der Waals surface area (Å²) < 4.78 is 0. The van der Waals surface area contributed by atoms with Crippen molar-refractivity contribution in [3.63, 3.8) is 0 Å². The van der Waals surface area contributed by atoms with Crippen LogP contribution in [-0.2, 0) is 0 Å². The number of aromatic nitrogens is 3. The minimum Gasteiger partial charge on any atom is -0.344 e. The summed E-state index contributed by atoms with van der Waals surface area (Å²) in [4.78, 5) is 13.9. The van der Waals surface area contributed by atoms with Crippen molar-refractivity contribution < 1.29 is 0 Å². The van der Waals surface area contributed by atoms with Gasteiger partial charge in [0, 0.05) is 41.0 Å². The van der Waals surface area contributed by atoms with Gasteiger partial charge in [-0.1, -0.05) is 19.9 Å². The van der Waals surface area contributed by atoms with Crippen molar-refractivity contribution in [3.8, 4) is 11.1 Å². The molecule has 0 unspecified atom stereocenters. The molecule has 3 aromatic rings. The van der Waals surface area contributed by atoms with Crippen LogP contribution in [0.5, 0.6) is 0 Å². The van der Waals surface area contributed by atoms with Gasteiger partial charge in [-0.3, -0.25) is 4.98 Å². The van der Waals surface area contributed by atoms with Crippen LogP contribution in [0.4, 0.5) is 0 Å². The van der Waals surface area contributed by atoms with Gasteiger partial charge in [-0.15, -0.1) is 0 Å². The zero-order chi connectivity index (χ0) is 19.0. The maximum atomic E-state index is 6.57. The molecule has 148 valence electrons. The lowest BCUT2D eigenvalue weighted by Gasteiger charge is -2.39. The fourth-order valence-electron chi connectivity index (χ4n) is 4.17. The Hall–Kier alpha value is -2.37. The van der Waals surface area contributed by atoms with Gasteiger partial charge in [0.15, 0.2) is 0 Å². The minimum absolute atomic E-state index is 0. The first-order valence-electron chi connectivity index (χ1n) is 9.93. The van der Waals surface area contributed by atoms with Crippen LogP contribution in [0, 0.1) is 12.8 Å². The SMILES string of the molecule is Cc1ccncc1-c1ccc2nc(C3CCC(N)(C(C)C)CC3)ncc2c1.N. The van der Waals surface area contributed by atoms with Gasteiger partial charge in [0.25, 0.3) is 0 Å². The Morgan fingerprint density at radius 3 is 2.54 bits per heavy atom. The first-order valence-corrected chi connectivity index (χ1v) is 9.93. The molecular weight excluding hydrogens is 346 g/mol. The van der Waals surface area contributed by atoms with Gasteiger partial charge in [-0.05, 0) is 67.9 Å². The molecular formula is C23H31N5. The average Bonchev–Trinajstić information content (AvgIpc) is 2.68. The topological polar surface area (TPSA) is 99.7 Å². The normalized spacial score (nSPS) is 22.2. The fourth-order valence-corrected chi connectivity index (χ4v) is 4.17. The van der Waals surface area contributed by atoms with Gasteiger partial charge in [-0.2, -0.15) is 0 Å². The van der Waals surface area contributed by atoms with Crippen molar-refractivity contribution >= 4 is 10.9 Å². The van der Waals surface area contributed by atoms with Gasteiger partial charge in [0.2, 0.25) is 0 Å². The van der Waals surface area contributed by atoms with Crippen molar-refractivity contribution in [1.29, 1.82) is 0 Å². The van der Waals surface area contributed by atoms with Crippen LogP contribution < -0.4 is 11.9 Å². The molecule has 0 saturated heterocycles. The first-order chi connectivity index (χ1) is 13.0. The average molecular weight is 378 g/mol. The largest absolute Gasteiger partial charge is 0.344 e. The lowest BCUT2D eigenvalue weighted by molar-refractivity contribution is 0.204. The molecule has 1 aliphatic rings. The Bertz CT molecular complexity index is 958. The standard InChI is InChI=1S/C23H28N4.H3N/c1-15(2)23(24)9-6-17(7-10-23)22-26-13-19-12-18(4-5-21(19)27-22)20-14-25-11-8-16(20)3;/h4-5,8,11-15,17H,6-7,9-10,24H2,1-3H3;1H3. The number of nitrogens with zero attached hydrogens (tertiary/aromatic N) is 3. The molecule has 2 heterocycles. The number of hydrogen-bond acceptors (Lipinski definition) is 5. The van der Waals surface area contributed by atoms with Crippen LogP contribution in [0.15, 0.2) is 42.9 Å². The predicted molar refractivity (Wildman–Crippen MR) is 115 cm³/mol. The third-order valence-corrected chi connectivity index (χ3v) is 6.38. The molecule has 0 atom stereocenters. The van der Waals surface area contributed by atoms with Crippen molar-refractivity contribution in [3.05, 3.63) is 54.2 Å². The van der Waals surface area contributed by atoms with Gasteiger partial charge < -0.3 is 11.9 Å². The molecule has 5 nitrogen and oxygen atoms in total. The van der Waals surface area contributed by atoms with Crippen LogP contribution in [0.25, 0.3) is 22.0 Å². The number of fused-ring (bicyclic) bond motifs is 1. The number of benzene rings is 1. The molecule has 5 N–H and O–H groups in total. The molecule has 0 spiro atoms. The van der Waals surface area contributed by atoms with E-state index in [1.54, 1.807) is 0 Å². The molecule has 4 rings (SSSR count). The summed E-state index contributed by atoms with van der Waals surface area (Å²) in [6.45, 7) is 6.57. The van der Waals surface area contributed by atoms with Crippen LogP contribution in [0.1, 0.15) is 56.8 Å². The van der Waals surface area contributed by atoms with Crippen LogP contribution in [0.3, 0.4) is 0 Å². The first kappa shape index (κ1) is 20.4. The highest BCUT2D eigenvalue weighted by Crippen LogP contribution is 2.39. The summed E-state index contributed by atoms with van der Waals surface area (Å²) in [5.74, 6) is 1.91. The lowest BCUT2D eigenvalue weighted by Crippen LogP contribution is -2.47. The Morgan fingerprint density at radius 2 is 1.86 bits per heavy atom. The van der Waals surface area contributed by atoms with E-state index in [1.165, 1.54) is 5.56 Å². The van der Waals surface area contributed by atoms with Crippen molar-refractivity contribution in [2.75, 3.05) is 0 Å². The summed E-state index contributed by atoms with van der Waals surface area (Å²) in [7, 11) is 0. The minimum atomic E-state index is -0.0240. The van der Waals surface area contributed by atoms with Crippen LogP contribution >= 0.6 is 0 Å². The van der Waals surface area contributed by atoms with E-state index >= 15 is 0 Å². The van der Waals surface area contributed by atoms with E-state index in [2.05, 4.69) is 44.0 Å². The second-order valence-electron chi connectivity index (χ2n) is 8.35. The molecule has 0 bridgehead atoms. The third-order valence-electron chi connectivity index (χ3n) is 6.38. The molecule has 1 fully saturated rings. The highest BCUT2D eigenvalue weighted by atomic mass is 14.9. The van der Waals surface area contributed by atoms with Crippen molar-refractivity contribution in [2.45, 2.75) is 57.9 Å². The van der Waals surface area contributed by atoms with Crippen molar-refractivity contribution in [1.82, 2.24) is 21.1 Å². The van der Waals surface area contributed by atoms with E-state index in [9.17, 15) is 0 Å².